The molecule has 9 nitrogen and oxygen atoms in total. The molecule has 0 saturated heterocycles. The van der Waals surface area contributed by atoms with Crippen molar-refractivity contribution >= 4 is 27.5 Å². The lowest BCUT2D eigenvalue weighted by Crippen LogP contribution is -2.50. The molecule has 0 spiro atoms. The second-order valence-corrected chi connectivity index (χ2v) is 11.3. The topological polar surface area (TPSA) is 105 Å². The molecule has 3 rings (SSSR count). The second-order valence-electron chi connectivity index (χ2n) is 9.36. The van der Waals surface area contributed by atoms with Crippen LogP contribution in [0.3, 0.4) is 0 Å². The van der Waals surface area contributed by atoms with Crippen molar-refractivity contribution in [1.82, 2.24) is 10.2 Å². The summed E-state index contributed by atoms with van der Waals surface area (Å²) >= 11 is 0. The highest BCUT2D eigenvalue weighted by atomic mass is 32.2. The van der Waals surface area contributed by atoms with Crippen molar-refractivity contribution in [1.29, 1.82) is 0 Å². The smallest absolute Gasteiger partial charge is 0.243 e. The van der Waals surface area contributed by atoms with Crippen LogP contribution in [0.25, 0.3) is 0 Å². The number of benzene rings is 2. The molecule has 202 valence electrons. The van der Waals surface area contributed by atoms with Gasteiger partial charge < -0.3 is 19.7 Å². The van der Waals surface area contributed by atoms with E-state index in [-0.39, 0.29) is 37.2 Å². The number of fused-ring (bicyclic) bond motifs is 1. The summed E-state index contributed by atoms with van der Waals surface area (Å²) in [6.45, 7) is 6.88. The summed E-state index contributed by atoms with van der Waals surface area (Å²) in [7, 11) is -3.61. The highest BCUT2D eigenvalue weighted by molar-refractivity contribution is 7.92. The van der Waals surface area contributed by atoms with Crippen LogP contribution >= 0.6 is 0 Å². The molecule has 37 heavy (non-hydrogen) atoms. The first-order chi connectivity index (χ1) is 17.6. The molecule has 1 N–H and O–H groups in total. The number of nitrogens with one attached hydrogen (secondary N) is 1. The first kappa shape index (κ1) is 28.3. The fourth-order valence-electron chi connectivity index (χ4n) is 4.27. The lowest BCUT2D eigenvalue weighted by atomic mass is 10.1. The largest absolute Gasteiger partial charge is 0.486 e. The highest BCUT2D eigenvalue weighted by Gasteiger charge is 2.29. The number of hydrogen-bond donors (Lipinski definition) is 1. The number of carbonyl (C=O) groups is 2. The summed E-state index contributed by atoms with van der Waals surface area (Å²) < 4.78 is 37.6. The van der Waals surface area contributed by atoms with Gasteiger partial charge in [-0.1, -0.05) is 37.3 Å². The van der Waals surface area contributed by atoms with Gasteiger partial charge in [-0.3, -0.25) is 13.9 Å². The molecule has 0 fully saturated rings. The number of amides is 2. The Morgan fingerprint density at radius 1 is 1.03 bits per heavy atom. The van der Waals surface area contributed by atoms with Crippen LogP contribution in [0.2, 0.25) is 0 Å². The number of anilines is 1. The molecule has 0 aliphatic carbocycles. The van der Waals surface area contributed by atoms with Gasteiger partial charge in [0.05, 0.1) is 11.9 Å². The molecule has 10 heteroatoms. The minimum absolute atomic E-state index is 0.0513. The Morgan fingerprint density at radius 2 is 1.70 bits per heavy atom. The van der Waals surface area contributed by atoms with Crippen molar-refractivity contribution in [2.45, 2.75) is 58.7 Å². The van der Waals surface area contributed by atoms with Gasteiger partial charge in [0.2, 0.25) is 21.8 Å². The van der Waals surface area contributed by atoms with Gasteiger partial charge in [-0.2, -0.15) is 0 Å². The number of nitrogens with zero attached hydrogens (tertiary/aromatic N) is 2. The molecule has 0 saturated carbocycles. The molecular formula is C27H37N3O6S. The van der Waals surface area contributed by atoms with E-state index < -0.39 is 16.1 Å². The lowest BCUT2D eigenvalue weighted by Gasteiger charge is -2.31. The number of hydrogen-bond acceptors (Lipinski definition) is 6. The van der Waals surface area contributed by atoms with Crippen molar-refractivity contribution in [2.24, 2.45) is 0 Å². The van der Waals surface area contributed by atoms with Crippen LogP contribution < -0.4 is 19.1 Å². The van der Waals surface area contributed by atoms with Gasteiger partial charge in [0, 0.05) is 31.6 Å². The van der Waals surface area contributed by atoms with Gasteiger partial charge in [-0.25, -0.2) is 8.42 Å². The molecule has 1 aliphatic rings. The third kappa shape index (κ3) is 7.85. The second kappa shape index (κ2) is 12.8. The van der Waals surface area contributed by atoms with Gasteiger partial charge in [-0.05, 0) is 44.4 Å². The van der Waals surface area contributed by atoms with Crippen molar-refractivity contribution in [3.05, 3.63) is 54.1 Å². The van der Waals surface area contributed by atoms with Crippen LogP contribution in [-0.2, 0) is 26.2 Å². The predicted octanol–water partition coefficient (Wildman–Crippen LogP) is 3.34. The maximum absolute atomic E-state index is 13.4. The van der Waals surface area contributed by atoms with Crippen LogP contribution in [0.4, 0.5) is 5.69 Å². The maximum atomic E-state index is 13.4. The molecule has 2 amide bonds. The Hall–Kier alpha value is -3.27. The molecule has 2 aromatic rings. The van der Waals surface area contributed by atoms with Gasteiger partial charge in [-0.15, -0.1) is 0 Å². The van der Waals surface area contributed by atoms with E-state index in [1.54, 1.807) is 23.1 Å². The molecule has 0 bridgehead atoms. The summed E-state index contributed by atoms with van der Waals surface area (Å²) in [6, 6.07) is 13.8. The quantitative estimate of drug-likeness (QED) is 0.451. The van der Waals surface area contributed by atoms with Gasteiger partial charge in [0.1, 0.15) is 19.3 Å². The zero-order chi connectivity index (χ0) is 27.0. The number of rotatable bonds is 12. The molecule has 0 aromatic heterocycles. The zero-order valence-corrected chi connectivity index (χ0v) is 22.8. The van der Waals surface area contributed by atoms with Crippen LogP contribution in [0, 0.1) is 0 Å². The van der Waals surface area contributed by atoms with Crippen LogP contribution in [0.1, 0.15) is 45.6 Å². The Balaban J connectivity index is 1.75. The Bertz CT molecular complexity index is 1170. The molecule has 1 aliphatic heterocycles. The van der Waals surface area contributed by atoms with Crippen LogP contribution in [0.5, 0.6) is 11.5 Å². The Morgan fingerprint density at radius 3 is 2.32 bits per heavy atom. The summed E-state index contributed by atoms with van der Waals surface area (Å²) in [6.07, 6.45) is 1.98. The standard InChI is InChI=1S/C27H37N3O6S/c1-5-23(27(32)28-20(2)3)29(19-21-10-7-6-8-11-21)26(31)12-9-15-30(37(4,33)34)22-13-14-24-25(18-22)36-17-16-35-24/h6-8,10-11,13-14,18,20,23H,5,9,12,15-17,19H2,1-4H3,(H,28,32)/t23-/m1/s1. The third-order valence-electron chi connectivity index (χ3n) is 5.98. The predicted molar refractivity (Wildman–Crippen MR) is 143 cm³/mol. The van der Waals surface area contributed by atoms with E-state index in [1.165, 1.54) is 4.31 Å². The summed E-state index contributed by atoms with van der Waals surface area (Å²) in [4.78, 5) is 28.0. The maximum Gasteiger partial charge on any atom is 0.243 e. The number of sulfonamides is 1. The SMILES string of the molecule is CC[C@H](C(=O)NC(C)C)N(Cc1ccccc1)C(=O)CCCN(c1ccc2c(c1)OCCO2)S(C)(=O)=O. The first-order valence-electron chi connectivity index (χ1n) is 12.6. The molecule has 0 radical (unpaired) electrons. The van der Waals surface area contributed by atoms with Crippen LogP contribution in [0.15, 0.2) is 48.5 Å². The summed E-state index contributed by atoms with van der Waals surface area (Å²) in [5.41, 5.74) is 1.36. The fraction of sp³-hybridized carbons (Fsp3) is 0.481. The van der Waals surface area contributed by atoms with Crippen molar-refractivity contribution in [2.75, 3.05) is 30.3 Å². The zero-order valence-electron chi connectivity index (χ0n) is 22.0. The van der Waals surface area contributed by atoms with Crippen molar-refractivity contribution < 1.29 is 27.5 Å². The summed E-state index contributed by atoms with van der Waals surface area (Å²) in [5, 5.41) is 2.91. The number of ether oxygens (including phenoxy) is 2. The summed E-state index contributed by atoms with van der Waals surface area (Å²) in [5.74, 6) is 0.658. The van der Waals surface area contributed by atoms with E-state index in [9.17, 15) is 18.0 Å². The van der Waals surface area contributed by atoms with E-state index >= 15 is 0 Å². The van der Waals surface area contributed by atoms with E-state index in [2.05, 4.69) is 5.32 Å². The van der Waals surface area contributed by atoms with Gasteiger partial charge in [0.15, 0.2) is 11.5 Å². The molecule has 1 heterocycles. The van der Waals surface area contributed by atoms with E-state index in [0.29, 0.717) is 43.4 Å². The average molecular weight is 532 g/mol. The lowest BCUT2D eigenvalue weighted by molar-refractivity contribution is -0.141. The minimum atomic E-state index is -3.61. The van der Waals surface area contributed by atoms with E-state index in [4.69, 9.17) is 9.47 Å². The van der Waals surface area contributed by atoms with Crippen LogP contribution in [-0.4, -0.2) is 63.2 Å². The Kier molecular flexibility index (Phi) is 9.79. The average Bonchev–Trinajstić information content (AvgIpc) is 2.85. The van der Waals surface area contributed by atoms with Gasteiger partial charge in [0.25, 0.3) is 0 Å². The monoisotopic (exact) mass is 531 g/mol. The number of carbonyl (C=O) groups excluding carboxylic acids is 2. The first-order valence-corrected chi connectivity index (χ1v) is 14.5. The van der Waals surface area contributed by atoms with E-state index in [0.717, 1.165) is 11.8 Å². The molecule has 1 atom stereocenters. The third-order valence-corrected chi connectivity index (χ3v) is 7.17. The van der Waals surface area contributed by atoms with E-state index in [1.807, 2.05) is 51.1 Å². The highest BCUT2D eigenvalue weighted by Crippen LogP contribution is 2.34. The normalized spacial score (nSPS) is 13.6. The fourth-order valence-corrected chi connectivity index (χ4v) is 5.23. The van der Waals surface area contributed by atoms with Crippen molar-refractivity contribution in [3.8, 4) is 11.5 Å². The molecular weight excluding hydrogens is 494 g/mol. The molecule has 2 aromatic carbocycles. The van der Waals surface area contributed by atoms with Crippen molar-refractivity contribution in [3.63, 3.8) is 0 Å². The van der Waals surface area contributed by atoms with Gasteiger partial charge >= 0.3 is 0 Å². The minimum Gasteiger partial charge on any atom is -0.486 e. The molecule has 0 unspecified atom stereocenters. The Labute approximate surface area is 219 Å².